The van der Waals surface area contributed by atoms with Crippen LogP contribution in [0.4, 0.5) is 0 Å². The van der Waals surface area contributed by atoms with Gasteiger partial charge in [-0.15, -0.1) is 0 Å². The van der Waals surface area contributed by atoms with Gasteiger partial charge < -0.3 is 0 Å². The maximum absolute atomic E-state index is 4.18. The Kier molecular flexibility index (Phi) is 2.64. The van der Waals surface area contributed by atoms with Gasteiger partial charge in [0.15, 0.2) is 0 Å². The normalized spacial score (nSPS) is 9.09. The largest absolute Gasteiger partial charge is 0.256 e. The molecule has 2 aromatic rings. The molecule has 0 saturated carbocycles. The molecular formula is C9H9NSe. The van der Waals surface area contributed by atoms with Crippen molar-refractivity contribution in [1.29, 1.82) is 0 Å². The van der Waals surface area contributed by atoms with E-state index in [9.17, 15) is 0 Å². The smallest absolute Gasteiger partial charge is 0.0701 e. The Morgan fingerprint density at radius 2 is 1.64 bits per heavy atom. The van der Waals surface area contributed by atoms with E-state index in [0.29, 0.717) is 0 Å². The van der Waals surface area contributed by atoms with Crippen LogP contribution in [0.1, 0.15) is 0 Å². The van der Waals surface area contributed by atoms with Crippen LogP contribution >= 0.6 is 0 Å². The van der Waals surface area contributed by atoms with Gasteiger partial charge in [0.25, 0.3) is 0 Å². The predicted octanol–water partition coefficient (Wildman–Crippen LogP) is 1.32. The van der Waals surface area contributed by atoms with Crippen LogP contribution in [0.25, 0.3) is 10.9 Å². The summed E-state index contributed by atoms with van der Waals surface area (Å²) in [7, 11) is 0. The van der Waals surface area contributed by atoms with E-state index in [1.807, 2.05) is 30.5 Å². The zero-order chi connectivity index (χ0) is 6.81. The quantitative estimate of drug-likeness (QED) is 0.597. The Balaban J connectivity index is 0.000000605. The van der Waals surface area contributed by atoms with Gasteiger partial charge in [0.05, 0.1) is 5.52 Å². The monoisotopic (exact) mass is 211 g/mol. The Bertz CT molecular complexity index is 281. The minimum Gasteiger partial charge on any atom is -0.256 e. The summed E-state index contributed by atoms with van der Waals surface area (Å²) in [6.07, 6.45) is 1.81. The fourth-order valence-corrected chi connectivity index (χ4v) is 1.02. The summed E-state index contributed by atoms with van der Waals surface area (Å²) in [5.74, 6) is 0. The number of hydrogen-bond donors (Lipinski definition) is 0. The Labute approximate surface area is 75.9 Å². The minimum absolute atomic E-state index is 0. The first kappa shape index (κ1) is 8.25. The molecule has 1 heterocycles. The molecule has 1 nitrogen and oxygen atoms in total. The second-order valence-electron chi connectivity index (χ2n) is 2.20. The molecule has 0 N–H and O–H groups in total. The second kappa shape index (κ2) is 3.51. The van der Waals surface area contributed by atoms with Crippen molar-refractivity contribution in [3.8, 4) is 0 Å². The van der Waals surface area contributed by atoms with Crippen LogP contribution < -0.4 is 0 Å². The molecule has 1 aromatic heterocycles. The summed E-state index contributed by atoms with van der Waals surface area (Å²) in [4.78, 5) is 4.18. The first-order valence-corrected chi connectivity index (χ1v) is 3.26. The van der Waals surface area contributed by atoms with Crippen molar-refractivity contribution in [2.24, 2.45) is 0 Å². The first-order valence-electron chi connectivity index (χ1n) is 3.26. The molecule has 2 rings (SSSR count). The molecular weight excluding hydrogens is 201 g/mol. The van der Waals surface area contributed by atoms with Gasteiger partial charge in [-0.25, -0.2) is 0 Å². The van der Waals surface area contributed by atoms with Crippen molar-refractivity contribution in [2.45, 2.75) is 0 Å². The molecule has 0 atom stereocenters. The van der Waals surface area contributed by atoms with Crippen LogP contribution in [-0.4, -0.2) is 22.1 Å². The first-order chi connectivity index (χ1) is 4.97. The standard InChI is InChI=1S/C9H7N.H2Se/c1-2-6-9-8(4-1)5-3-7-10-9;/h1-7H;1H2. The van der Waals surface area contributed by atoms with Crippen LogP contribution in [0, 0.1) is 0 Å². The van der Waals surface area contributed by atoms with Crippen LogP contribution in [0.2, 0.25) is 0 Å². The zero-order valence-electron chi connectivity index (χ0n) is 5.99. The van der Waals surface area contributed by atoms with Crippen LogP contribution in [0.15, 0.2) is 42.6 Å². The summed E-state index contributed by atoms with van der Waals surface area (Å²) in [6, 6.07) is 12.1. The van der Waals surface area contributed by atoms with Gasteiger partial charge in [-0.1, -0.05) is 24.3 Å². The number of aromatic nitrogens is 1. The number of nitrogens with zero attached hydrogens (tertiary/aromatic N) is 1. The summed E-state index contributed by atoms with van der Waals surface area (Å²) in [5.41, 5.74) is 1.06. The summed E-state index contributed by atoms with van der Waals surface area (Å²) >= 11 is 0. The Morgan fingerprint density at radius 3 is 2.45 bits per heavy atom. The molecule has 0 saturated heterocycles. The third-order valence-corrected chi connectivity index (χ3v) is 1.51. The van der Waals surface area contributed by atoms with Gasteiger partial charge >= 0.3 is 17.1 Å². The number of fused-ring (bicyclic) bond motifs is 1. The van der Waals surface area contributed by atoms with Crippen molar-refractivity contribution in [2.75, 3.05) is 0 Å². The predicted molar refractivity (Wildman–Crippen MR) is 50.3 cm³/mol. The average molecular weight is 210 g/mol. The fraction of sp³-hybridized carbons (Fsp3) is 0. The Hall–Kier alpha value is -0.851. The van der Waals surface area contributed by atoms with Gasteiger partial charge in [0, 0.05) is 11.6 Å². The van der Waals surface area contributed by atoms with E-state index in [4.69, 9.17) is 0 Å². The number of para-hydroxylation sites is 1. The van der Waals surface area contributed by atoms with Gasteiger partial charge in [-0.3, -0.25) is 4.98 Å². The zero-order valence-corrected chi connectivity index (χ0v) is 8.09. The summed E-state index contributed by atoms with van der Waals surface area (Å²) < 4.78 is 0. The maximum atomic E-state index is 4.18. The van der Waals surface area contributed by atoms with E-state index >= 15 is 0 Å². The molecule has 0 bridgehead atoms. The van der Waals surface area contributed by atoms with Crippen LogP contribution in [0.3, 0.4) is 0 Å². The van der Waals surface area contributed by atoms with Crippen LogP contribution in [0.5, 0.6) is 0 Å². The molecule has 0 spiro atoms. The van der Waals surface area contributed by atoms with Gasteiger partial charge in [-0.05, 0) is 12.1 Å². The van der Waals surface area contributed by atoms with Gasteiger partial charge in [-0.2, -0.15) is 0 Å². The number of pyridine rings is 1. The molecule has 0 amide bonds. The van der Waals surface area contributed by atoms with E-state index in [1.54, 1.807) is 0 Å². The Morgan fingerprint density at radius 1 is 0.909 bits per heavy atom. The van der Waals surface area contributed by atoms with Gasteiger partial charge in [0.1, 0.15) is 0 Å². The second-order valence-corrected chi connectivity index (χ2v) is 2.20. The van der Waals surface area contributed by atoms with Crippen molar-refractivity contribution < 1.29 is 0 Å². The van der Waals surface area contributed by atoms with E-state index in [1.165, 1.54) is 5.39 Å². The molecule has 1 aromatic carbocycles. The van der Waals surface area contributed by atoms with Crippen molar-refractivity contribution in [1.82, 2.24) is 4.98 Å². The van der Waals surface area contributed by atoms with Crippen LogP contribution in [-0.2, 0) is 0 Å². The molecule has 0 radical (unpaired) electrons. The van der Waals surface area contributed by atoms with E-state index in [-0.39, 0.29) is 17.1 Å². The summed E-state index contributed by atoms with van der Waals surface area (Å²) in [6.45, 7) is 0. The topological polar surface area (TPSA) is 12.9 Å². The molecule has 0 fully saturated rings. The van der Waals surface area contributed by atoms with E-state index in [0.717, 1.165) is 5.52 Å². The van der Waals surface area contributed by atoms with Crippen molar-refractivity contribution >= 4 is 28.0 Å². The third-order valence-electron chi connectivity index (χ3n) is 1.51. The summed E-state index contributed by atoms with van der Waals surface area (Å²) in [5, 5.41) is 1.20. The maximum Gasteiger partial charge on any atom is 0.0701 e. The van der Waals surface area contributed by atoms with E-state index < -0.39 is 0 Å². The van der Waals surface area contributed by atoms with Crippen molar-refractivity contribution in [3.05, 3.63) is 42.6 Å². The molecule has 0 aliphatic rings. The molecule has 11 heavy (non-hydrogen) atoms. The molecule has 0 aliphatic carbocycles. The molecule has 0 unspecified atom stereocenters. The number of rotatable bonds is 0. The van der Waals surface area contributed by atoms with Crippen molar-refractivity contribution in [3.63, 3.8) is 0 Å². The molecule has 56 valence electrons. The fourth-order valence-electron chi connectivity index (χ4n) is 1.02. The molecule has 2 heteroatoms. The SMILES string of the molecule is [SeH2].c1ccc2ncccc2c1. The third kappa shape index (κ3) is 1.59. The van der Waals surface area contributed by atoms with E-state index in [2.05, 4.69) is 17.1 Å². The average Bonchev–Trinajstić information content (AvgIpc) is 2.05. The van der Waals surface area contributed by atoms with Gasteiger partial charge in [0.2, 0.25) is 0 Å². The number of benzene rings is 1. The number of hydrogen-bond acceptors (Lipinski definition) is 1. The minimum atomic E-state index is 0. The molecule has 0 aliphatic heterocycles.